The van der Waals surface area contributed by atoms with Crippen LogP contribution in [0.3, 0.4) is 0 Å². The molecule has 0 saturated carbocycles. The van der Waals surface area contributed by atoms with Crippen LogP contribution in [0.25, 0.3) is 0 Å². The normalized spacial score (nSPS) is 11.7. The highest BCUT2D eigenvalue weighted by Crippen LogP contribution is 2.21. The maximum absolute atomic E-state index is 9.50. The molecule has 2 rings (SSSR count). The summed E-state index contributed by atoms with van der Waals surface area (Å²) < 4.78 is 0. The maximum atomic E-state index is 9.50. The van der Waals surface area contributed by atoms with Gasteiger partial charge in [0, 0.05) is 5.02 Å². The van der Waals surface area contributed by atoms with Crippen molar-refractivity contribution in [3.05, 3.63) is 64.7 Å². The van der Waals surface area contributed by atoms with Crippen LogP contribution in [0.1, 0.15) is 11.1 Å². The van der Waals surface area contributed by atoms with Crippen molar-refractivity contribution < 1.29 is 5.11 Å². The molecule has 0 fully saturated rings. The first-order valence-corrected chi connectivity index (χ1v) is 6.71. The minimum atomic E-state index is -0.164. The molecule has 0 radical (unpaired) electrons. The van der Waals surface area contributed by atoms with Gasteiger partial charge in [-0.2, -0.15) is 5.26 Å². The Balaban J connectivity index is 2.14. The lowest BCUT2D eigenvalue weighted by Crippen LogP contribution is -2.26. The summed E-state index contributed by atoms with van der Waals surface area (Å²) in [5.41, 5.74) is 2.29. The second kappa shape index (κ2) is 6.95. The summed E-state index contributed by atoms with van der Waals surface area (Å²) in [7, 11) is 0. The highest BCUT2D eigenvalue weighted by atomic mass is 35.5. The molecule has 0 aliphatic rings. The van der Waals surface area contributed by atoms with Crippen LogP contribution in [0.4, 0.5) is 5.69 Å². The fourth-order valence-corrected chi connectivity index (χ4v) is 2.19. The van der Waals surface area contributed by atoms with Gasteiger partial charge < -0.3 is 10.4 Å². The van der Waals surface area contributed by atoms with Gasteiger partial charge in [0.1, 0.15) is 6.07 Å². The van der Waals surface area contributed by atoms with Gasteiger partial charge in [-0.3, -0.25) is 0 Å². The van der Waals surface area contributed by atoms with E-state index in [0.29, 0.717) is 22.7 Å². The van der Waals surface area contributed by atoms with E-state index in [1.807, 2.05) is 30.3 Å². The number of anilines is 1. The summed E-state index contributed by atoms with van der Waals surface area (Å²) in [6.45, 7) is -0.0216. The minimum absolute atomic E-state index is 0.0216. The maximum Gasteiger partial charge on any atom is 0.101 e. The van der Waals surface area contributed by atoms with E-state index in [-0.39, 0.29) is 12.6 Å². The molecule has 4 heteroatoms. The molecule has 0 heterocycles. The van der Waals surface area contributed by atoms with Crippen LogP contribution in [0.5, 0.6) is 0 Å². The lowest BCUT2D eigenvalue weighted by atomic mass is 10.1. The molecule has 102 valence electrons. The summed E-state index contributed by atoms with van der Waals surface area (Å²) in [5.74, 6) is 0. The molecule has 0 spiro atoms. The zero-order chi connectivity index (χ0) is 14.4. The lowest BCUT2D eigenvalue weighted by Gasteiger charge is -2.18. The fraction of sp³-hybridized carbons (Fsp3) is 0.188. The Kier molecular flexibility index (Phi) is 5.00. The molecule has 1 atom stereocenters. The molecule has 1 unspecified atom stereocenters. The Bertz CT molecular complexity index is 608. The zero-order valence-electron chi connectivity index (χ0n) is 10.9. The molecule has 0 aliphatic carbocycles. The van der Waals surface area contributed by atoms with Crippen molar-refractivity contribution >= 4 is 17.3 Å². The molecular weight excluding hydrogens is 272 g/mol. The van der Waals surface area contributed by atoms with Crippen molar-refractivity contribution in [3.8, 4) is 6.07 Å². The van der Waals surface area contributed by atoms with Gasteiger partial charge in [0.2, 0.25) is 0 Å². The Hall–Kier alpha value is -2.02. The van der Waals surface area contributed by atoms with Gasteiger partial charge >= 0.3 is 0 Å². The third kappa shape index (κ3) is 3.74. The second-order valence-electron chi connectivity index (χ2n) is 4.52. The van der Waals surface area contributed by atoms with Crippen LogP contribution in [-0.4, -0.2) is 17.8 Å². The Morgan fingerprint density at radius 2 is 1.95 bits per heavy atom. The van der Waals surface area contributed by atoms with E-state index in [2.05, 4.69) is 11.4 Å². The summed E-state index contributed by atoms with van der Waals surface area (Å²) in [6.07, 6.45) is 0.675. The average Bonchev–Trinajstić information content (AvgIpc) is 2.48. The molecule has 3 nitrogen and oxygen atoms in total. The second-order valence-corrected chi connectivity index (χ2v) is 4.95. The third-order valence-corrected chi connectivity index (χ3v) is 3.24. The number of nitriles is 1. The molecular formula is C16H15ClN2O. The topological polar surface area (TPSA) is 56.0 Å². The molecule has 0 amide bonds. The predicted octanol–water partition coefficient (Wildman–Crippen LogP) is 3.23. The standard InChI is InChI=1S/C16H15ClN2O/c17-14-7-6-13(10-18)16(9-14)19-15(11-20)8-12-4-2-1-3-5-12/h1-7,9,15,19-20H,8,11H2. The monoisotopic (exact) mass is 286 g/mol. The minimum Gasteiger partial charge on any atom is -0.394 e. The largest absolute Gasteiger partial charge is 0.394 e. The van der Waals surface area contributed by atoms with Crippen LogP contribution in [0.15, 0.2) is 48.5 Å². The Morgan fingerprint density at radius 1 is 1.20 bits per heavy atom. The molecule has 2 N–H and O–H groups in total. The van der Waals surface area contributed by atoms with Gasteiger partial charge in [-0.25, -0.2) is 0 Å². The van der Waals surface area contributed by atoms with E-state index in [9.17, 15) is 5.11 Å². The van der Waals surface area contributed by atoms with Crippen molar-refractivity contribution in [1.82, 2.24) is 0 Å². The van der Waals surface area contributed by atoms with Gasteiger partial charge in [0.25, 0.3) is 0 Å². The van der Waals surface area contributed by atoms with Crippen molar-refractivity contribution in [3.63, 3.8) is 0 Å². The van der Waals surface area contributed by atoms with Gasteiger partial charge in [-0.05, 0) is 30.2 Å². The number of halogens is 1. The van der Waals surface area contributed by atoms with Gasteiger partial charge in [0.15, 0.2) is 0 Å². The van der Waals surface area contributed by atoms with Crippen molar-refractivity contribution in [2.75, 3.05) is 11.9 Å². The number of rotatable bonds is 5. The number of nitrogens with zero attached hydrogens (tertiary/aromatic N) is 1. The van der Waals surface area contributed by atoms with Crippen LogP contribution in [-0.2, 0) is 6.42 Å². The van der Waals surface area contributed by atoms with E-state index in [4.69, 9.17) is 16.9 Å². The SMILES string of the molecule is N#Cc1ccc(Cl)cc1NC(CO)Cc1ccccc1. The van der Waals surface area contributed by atoms with Gasteiger partial charge in [-0.15, -0.1) is 0 Å². The lowest BCUT2D eigenvalue weighted by molar-refractivity contribution is 0.273. The summed E-state index contributed by atoms with van der Waals surface area (Å²) in [5, 5.41) is 22.3. The van der Waals surface area contributed by atoms with Crippen LogP contribution in [0.2, 0.25) is 5.02 Å². The number of nitrogens with one attached hydrogen (secondary N) is 1. The van der Waals surface area contributed by atoms with E-state index >= 15 is 0 Å². The quantitative estimate of drug-likeness (QED) is 0.887. The summed E-state index contributed by atoms with van der Waals surface area (Å²) in [6, 6.07) is 16.9. The van der Waals surface area contributed by atoms with Crippen molar-refractivity contribution in [1.29, 1.82) is 5.26 Å². The highest BCUT2D eigenvalue weighted by molar-refractivity contribution is 6.30. The van der Waals surface area contributed by atoms with Crippen LogP contribution >= 0.6 is 11.6 Å². The number of aliphatic hydroxyl groups is 1. The number of benzene rings is 2. The first kappa shape index (κ1) is 14.4. The van der Waals surface area contributed by atoms with Gasteiger partial charge in [-0.1, -0.05) is 41.9 Å². The van der Waals surface area contributed by atoms with E-state index in [0.717, 1.165) is 5.56 Å². The van der Waals surface area contributed by atoms with Gasteiger partial charge in [0.05, 0.1) is 23.9 Å². The third-order valence-electron chi connectivity index (χ3n) is 3.01. The number of hydrogen-bond donors (Lipinski definition) is 2. The van der Waals surface area contributed by atoms with E-state index in [1.54, 1.807) is 18.2 Å². The van der Waals surface area contributed by atoms with Crippen LogP contribution in [0, 0.1) is 11.3 Å². The molecule has 0 saturated heterocycles. The first-order valence-electron chi connectivity index (χ1n) is 6.34. The molecule has 2 aromatic rings. The molecule has 20 heavy (non-hydrogen) atoms. The van der Waals surface area contributed by atoms with Crippen LogP contribution < -0.4 is 5.32 Å². The fourth-order valence-electron chi connectivity index (χ4n) is 2.01. The average molecular weight is 287 g/mol. The van der Waals surface area contributed by atoms with E-state index < -0.39 is 0 Å². The Labute approximate surface area is 123 Å². The summed E-state index contributed by atoms with van der Waals surface area (Å²) >= 11 is 5.95. The van der Waals surface area contributed by atoms with Crippen molar-refractivity contribution in [2.45, 2.75) is 12.5 Å². The van der Waals surface area contributed by atoms with E-state index in [1.165, 1.54) is 0 Å². The highest BCUT2D eigenvalue weighted by Gasteiger charge is 2.11. The zero-order valence-corrected chi connectivity index (χ0v) is 11.6. The number of hydrogen-bond acceptors (Lipinski definition) is 3. The van der Waals surface area contributed by atoms with Crippen molar-refractivity contribution in [2.24, 2.45) is 0 Å². The predicted molar refractivity (Wildman–Crippen MR) is 80.8 cm³/mol. The Morgan fingerprint density at radius 3 is 2.60 bits per heavy atom. The summed E-state index contributed by atoms with van der Waals surface area (Å²) in [4.78, 5) is 0. The number of aliphatic hydroxyl groups excluding tert-OH is 1. The smallest absolute Gasteiger partial charge is 0.101 e. The molecule has 2 aromatic carbocycles. The first-order chi connectivity index (χ1) is 9.72. The molecule has 0 bridgehead atoms. The molecule has 0 aliphatic heterocycles. The molecule has 0 aromatic heterocycles.